The van der Waals surface area contributed by atoms with E-state index < -0.39 is 0 Å². The van der Waals surface area contributed by atoms with Gasteiger partial charge in [0.1, 0.15) is 10.8 Å². The molecule has 6 heteroatoms. The summed E-state index contributed by atoms with van der Waals surface area (Å²) in [6, 6.07) is 6.55. The minimum atomic E-state index is -0.314. The van der Waals surface area contributed by atoms with Gasteiger partial charge in [-0.3, -0.25) is 0 Å². The Morgan fingerprint density at radius 2 is 2.07 bits per heavy atom. The Bertz CT molecular complexity index is 868. The molecule has 1 unspecified atom stereocenters. The average molecular weight is 384 g/mol. The maximum Gasteiger partial charge on any atom is 0.319 e. The van der Waals surface area contributed by atoms with E-state index in [1.165, 1.54) is 37.8 Å². The molecule has 0 spiro atoms. The fourth-order valence-corrected chi connectivity index (χ4v) is 5.10. The number of hydrogen-bond donors (Lipinski definition) is 3. The van der Waals surface area contributed by atoms with Crippen molar-refractivity contribution in [2.75, 3.05) is 0 Å². The van der Waals surface area contributed by atoms with Crippen LogP contribution in [0, 0.1) is 0 Å². The zero-order chi connectivity index (χ0) is 18.8. The van der Waals surface area contributed by atoms with Gasteiger partial charge in [0, 0.05) is 22.6 Å². The summed E-state index contributed by atoms with van der Waals surface area (Å²) >= 11 is 1.65. The highest BCUT2D eigenvalue weighted by Crippen LogP contribution is 2.40. The summed E-state index contributed by atoms with van der Waals surface area (Å²) in [6.45, 7) is 2.04. The number of carbonyl (C=O) groups is 1. The van der Waals surface area contributed by atoms with E-state index in [4.69, 9.17) is 4.98 Å². The van der Waals surface area contributed by atoms with E-state index in [9.17, 15) is 9.90 Å². The first-order chi connectivity index (χ1) is 13.2. The monoisotopic (exact) mass is 383 g/mol. The van der Waals surface area contributed by atoms with Crippen molar-refractivity contribution >= 4 is 22.9 Å². The lowest BCUT2D eigenvalue weighted by Crippen LogP contribution is -2.43. The van der Waals surface area contributed by atoms with Crippen molar-refractivity contribution in [1.82, 2.24) is 15.6 Å². The zero-order valence-electron chi connectivity index (χ0n) is 15.5. The average Bonchev–Trinajstić information content (AvgIpc) is 3.17. The molecule has 2 amide bonds. The van der Waals surface area contributed by atoms with Gasteiger partial charge < -0.3 is 15.7 Å². The second-order valence-electron chi connectivity index (χ2n) is 7.28. The number of aromatic nitrogens is 1. The molecule has 1 aliphatic carbocycles. The topological polar surface area (TPSA) is 74.2 Å². The van der Waals surface area contributed by atoms with Crippen LogP contribution in [0.5, 0.6) is 5.75 Å². The molecule has 1 aliphatic heterocycles. The normalized spacial score (nSPS) is 21.1. The van der Waals surface area contributed by atoms with Crippen LogP contribution in [0.2, 0.25) is 0 Å². The fourth-order valence-electron chi connectivity index (χ4n) is 4.10. The van der Waals surface area contributed by atoms with Gasteiger partial charge in [-0.15, -0.1) is 11.3 Å². The Balaban J connectivity index is 1.74. The van der Waals surface area contributed by atoms with Gasteiger partial charge in [-0.2, -0.15) is 0 Å². The number of amides is 2. The predicted molar refractivity (Wildman–Crippen MR) is 108 cm³/mol. The van der Waals surface area contributed by atoms with Gasteiger partial charge in [-0.1, -0.05) is 38.3 Å². The first-order valence-corrected chi connectivity index (χ1v) is 10.6. The van der Waals surface area contributed by atoms with E-state index >= 15 is 0 Å². The molecular formula is C21H25N3O2S. The molecule has 2 aromatic rings. The Kier molecular flexibility index (Phi) is 5.16. The lowest BCUT2D eigenvalue weighted by Gasteiger charge is -2.29. The van der Waals surface area contributed by atoms with Crippen molar-refractivity contribution in [1.29, 1.82) is 0 Å². The van der Waals surface area contributed by atoms with Crippen LogP contribution in [-0.2, 0) is 0 Å². The summed E-state index contributed by atoms with van der Waals surface area (Å²) in [5, 5.41) is 19.0. The van der Waals surface area contributed by atoms with Gasteiger partial charge in [0.25, 0.3) is 0 Å². The molecule has 0 bridgehead atoms. The maximum atomic E-state index is 12.2. The summed E-state index contributed by atoms with van der Waals surface area (Å²) in [7, 11) is 0. The van der Waals surface area contributed by atoms with E-state index in [0.717, 1.165) is 28.3 Å². The van der Waals surface area contributed by atoms with Crippen LogP contribution >= 0.6 is 11.3 Å². The zero-order valence-corrected chi connectivity index (χ0v) is 16.3. The molecule has 1 atom stereocenters. The molecule has 1 aromatic heterocycles. The number of thiazole rings is 1. The van der Waals surface area contributed by atoms with Gasteiger partial charge in [0.15, 0.2) is 0 Å². The van der Waals surface area contributed by atoms with Gasteiger partial charge in [0.2, 0.25) is 0 Å². The Morgan fingerprint density at radius 1 is 1.26 bits per heavy atom. The molecule has 1 saturated carbocycles. The van der Waals surface area contributed by atoms with Gasteiger partial charge in [-0.25, -0.2) is 9.78 Å². The Labute approximate surface area is 163 Å². The molecule has 5 nitrogen and oxygen atoms in total. The smallest absolute Gasteiger partial charge is 0.319 e. The second-order valence-corrected chi connectivity index (χ2v) is 8.14. The van der Waals surface area contributed by atoms with Crippen LogP contribution in [0.25, 0.3) is 5.57 Å². The number of hydrogen-bond acceptors (Lipinski definition) is 4. The third kappa shape index (κ3) is 3.72. The highest BCUT2D eigenvalue weighted by atomic mass is 32.1. The van der Waals surface area contributed by atoms with Crippen LogP contribution in [0.4, 0.5) is 4.79 Å². The van der Waals surface area contributed by atoms with Crippen LogP contribution in [0.1, 0.15) is 73.7 Å². The van der Waals surface area contributed by atoms with Crippen molar-refractivity contribution in [3.05, 3.63) is 51.6 Å². The lowest BCUT2D eigenvalue weighted by molar-refractivity contribution is 0.239. The summed E-state index contributed by atoms with van der Waals surface area (Å²) < 4.78 is 0. The number of benzene rings is 1. The molecule has 4 rings (SSSR count). The number of nitrogens with one attached hydrogen (secondary N) is 2. The predicted octanol–water partition coefficient (Wildman–Crippen LogP) is 5.07. The largest absolute Gasteiger partial charge is 0.508 e. The van der Waals surface area contributed by atoms with Crippen molar-refractivity contribution in [3.63, 3.8) is 0 Å². The van der Waals surface area contributed by atoms with Gasteiger partial charge >= 0.3 is 6.03 Å². The number of rotatable bonds is 4. The third-order valence-electron chi connectivity index (χ3n) is 5.49. The highest BCUT2D eigenvalue weighted by molar-refractivity contribution is 7.10. The molecule has 2 aliphatic rings. The molecule has 2 heterocycles. The molecule has 27 heavy (non-hydrogen) atoms. The van der Waals surface area contributed by atoms with Crippen molar-refractivity contribution in [2.24, 2.45) is 0 Å². The van der Waals surface area contributed by atoms with Gasteiger partial charge in [0.05, 0.1) is 11.7 Å². The summed E-state index contributed by atoms with van der Waals surface area (Å²) in [4.78, 5) is 17.2. The van der Waals surface area contributed by atoms with Gasteiger partial charge in [-0.05, 0) is 37.0 Å². The van der Waals surface area contributed by atoms with Crippen LogP contribution in [0.15, 0.2) is 35.3 Å². The number of allylic oxidation sites excluding steroid dienone is 1. The lowest BCUT2D eigenvalue weighted by atomic mass is 9.87. The summed E-state index contributed by atoms with van der Waals surface area (Å²) in [5.74, 6) is 0.750. The number of carbonyl (C=O) groups excluding carboxylic acids is 1. The van der Waals surface area contributed by atoms with Crippen molar-refractivity contribution < 1.29 is 9.90 Å². The highest BCUT2D eigenvalue weighted by Gasteiger charge is 2.31. The third-order valence-corrected chi connectivity index (χ3v) is 6.38. The molecular weight excluding hydrogens is 358 g/mol. The molecule has 142 valence electrons. The molecule has 0 saturated heterocycles. The number of nitrogens with zero attached hydrogens (tertiary/aromatic N) is 1. The SMILES string of the molecule is CCC1=C(c2nc(C3CCCCC3)cs2)C(c2cccc(O)c2)NC(=O)N1. The van der Waals surface area contributed by atoms with E-state index in [1.54, 1.807) is 29.5 Å². The summed E-state index contributed by atoms with van der Waals surface area (Å²) in [5.41, 5.74) is 3.95. The second kappa shape index (κ2) is 7.72. The van der Waals surface area contributed by atoms with Crippen molar-refractivity contribution in [2.45, 2.75) is 57.4 Å². The first-order valence-electron chi connectivity index (χ1n) is 9.71. The molecule has 1 fully saturated rings. The Hall–Kier alpha value is -2.34. The number of phenols is 1. The standard InChI is InChI=1S/C21H25N3O2S/c1-2-16-18(20-22-17(12-27-20)13-7-4-3-5-8-13)19(24-21(26)23-16)14-9-6-10-15(25)11-14/h6,9-13,19,25H,2-5,7-8H2,1H3,(H2,23,24,26). The number of phenolic OH excluding ortho intramolecular Hbond substituents is 1. The molecule has 1 aromatic carbocycles. The molecule has 3 N–H and O–H groups in total. The van der Waals surface area contributed by atoms with Crippen LogP contribution in [-0.4, -0.2) is 16.1 Å². The minimum Gasteiger partial charge on any atom is -0.508 e. The maximum absolute atomic E-state index is 12.2. The first kappa shape index (κ1) is 18.0. The van der Waals surface area contributed by atoms with Crippen molar-refractivity contribution in [3.8, 4) is 5.75 Å². The molecule has 0 radical (unpaired) electrons. The fraction of sp³-hybridized carbons (Fsp3) is 0.429. The minimum absolute atomic E-state index is 0.194. The van der Waals surface area contributed by atoms with Crippen LogP contribution in [0.3, 0.4) is 0 Å². The van der Waals surface area contributed by atoms with E-state index in [0.29, 0.717) is 5.92 Å². The number of aromatic hydroxyl groups is 1. The van der Waals surface area contributed by atoms with Crippen LogP contribution < -0.4 is 10.6 Å². The van der Waals surface area contributed by atoms with E-state index in [-0.39, 0.29) is 17.8 Å². The van der Waals surface area contributed by atoms with E-state index in [1.807, 2.05) is 13.0 Å². The number of urea groups is 1. The Morgan fingerprint density at radius 3 is 2.81 bits per heavy atom. The van der Waals surface area contributed by atoms with E-state index in [2.05, 4.69) is 16.0 Å². The quantitative estimate of drug-likeness (QED) is 0.690. The summed E-state index contributed by atoms with van der Waals surface area (Å²) in [6.07, 6.45) is 7.04.